The zero-order valence-electron chi connectivity index (χ0n) is 12.1. The molecular formula is C16H20FN3O. The molecule has 1 aromatic heterocycles. The number of rotatable bonds is 7. The van der Waals surface area contributed by atoms with Gasteiger partial charge in [0, 0.05) is 24.9 Å². The van der Waals surface area contributed by atoms with E-state index in [0.29, 0.717) is 12.4 Å². The lowest BCUT2D eigenvalue weighted by Gasteiger charge is -2.26. The molecule has 0 fully saturated rings. The van der Waals surface area contributed by atoms with E-state index in [1.54, 1.807) is 18.5 Å². The van der Waals surface area contributed by atoms with Crippen molar-refractivity contribution in [1.29, 1.82) is 0 Å². The number of ether oxygens (including phenoxy) is 1. The van der Waals surface area contributed by atoms with E-state index in [2.05, 4.69) is 9.97 Å². The zero-order chi connectivity index (χ0) is 15.1. The molecule has 0 saturated carbocycles. The Morgan fingerprint density at radius 1 is 1.19 bits per heavy atom. The second kappa shape index (κ2) is 7.24. The number of hydrogen-bond donors (Lipinski definition) is 1. The topological polar surface area (TPSA) is 61.0 Å². The van der Waals surface area contributed by atoms with E-state index in [1.807, 2.05) is 30.3 Å². The first-order chi connectivity index (χ1) is 10.1. The molecule has 1 heterocycles. The molecule has 4 nitrogen and oxygen atoms in total. The number of alkyl halides is 1. The Morgan fingerprint density at radius 3 is 2.52 bits per heavy atom. The van der Waals surface area contributed by atoms with Crippen molar-refractivity contribution in [2.75, 3.05) is 6.61 Å². The molecule has 2 atom stereocenters. The molecule has 2 aromatic rings. The van der Waals surface area contributed by atoms with Gasteiger partial charge in [-0.05, 0) is 18.6 Å². The van der Waals surface area contributed by atoms with E-state index in [4.69, 9.17) is 10.5 Å². The van der Waals surface area contributed by atoms with Gasteiger partial charge < -0.3 is 10.5 Å². The fraction of sp³-hybridized carbons (Fsp3) is 0.375. The standard InChI is InChI=1S/C16H20FN3O/c1-16(17,12-21-11-13-6-3-2-4-7-13)14(18)10-15-19-8-5-9-20-15/h2-9,14H,10-12,18H2,1H3/t14-,16?/m1/s1. The van der Waals surface area contributed by atoms with Gasteiger partial charge >= 0.3 is 0 Å². The first-order valence-electron chi connectivity index (χ1n) is 6.90. The highest BCUT2D eigenvalue weighted by atomic mass is 19.1. The quantitative estimate of drug-likeness (QED) is 0.849. The lowest BCUT2D eigenvalue weighted by molar-refractivity contribution is 0.00236. The number of benzene rings is 1. The Balaban J connectivity index is 1.83. The highest BCUT2D eigenvalue weighted by Gasteiger charge is 2.32. The molecular weight excluding hydrogens is 269 g/mol. The third-order valence-electron chi connectivity index (χ3n) is 3.29. The van der Waals surface area contributed by atoms with E-state index in [-0.39, 0.29) is 13.0 Å². The van der Waals surface area contributed by atoms with E-state index < -0.39 is 11.7 Å². The van der Waals surface area contributed by atoms with Crippen molar-refractivity contribution in [1.82, 2.24) is 9.97 Å². The maximum absolute atomic E-state index is 14.6. The van der Waals surface area contributed by atoms with Gasteiger partial charge in [0.1, 0.15) is 11.5 Å². The highest BCUT2D eigenvalue weighted by Crippen LogP contribution is 2.18. The molecule has 0 radical (unpaired) electrons. The first-order valence-corrected chi connectivity index (χ1v) is 6.90. The van der Waals surface area contributed by atoms with Crippen LogP contribution < -0.4 is 5.73 Å². The van der Waals surface area contributed by atoms with Gasteiger partial charge in [-0.3, -0.25) is 0 Å². The Morgan fingerprint density at radius 2 is 1.86 bits per heavy atom. The predicted molar refractivity (Wildman–Crippen MR) is 79.3 cm³/mol. The van der Waals surface area contributed by atoms with Crippen molar-refractivity contribution in [3.8, 4) is 0 Å². The minimum absolute atomic E-state index is 0.0596. The average molecular weight is 289 g/mol. The van der Waals surface area contributed by atoms with Crippen LogP contribution in [0.1, 0.15) is 18.3 Å². The Kier molecular flexibility index (Phi) is 5.36. The molecule has 5 heteroatoms. The molecule has 0 saturated heterocycles. The molecule has 21 heavy (non-hydrogen) atoms. The molecule has 0 aliphatic rings. The number of nitrogens with two attached hydrogens (primary N) is 1. The average Bonchev–Trinajstić information content (AvgIpc) is 2.49. The largest absolute Gasteiger partial charge is 0.373 e. The van der Waals surface area contributed by atoms with E-state index in [0.717, 1.165) is 5.56 Å². The summed E-state index contributed by atoms with van der Waals surface area (Å²) >= 11 is 0. The van der Waals surface area contributed by atoms with Crippen molar-refractivity contribution in [3.05, 3.63) is 60.2 Å². The summed E-state index contributed by atoms with van der Waals surface area (Å²) in [7, 11) is 0. The maximum atomic E-state index is 14.6. The molecule has 0 bridgehead atoms. The number of aromatic nitrogens is 2. The molecule has 112 valence electrons. The molecule has 2 rings (SSSR count). The van der Waals surface area contributed by atoms with Crippen LogP contribution in [0, 0.1) is 0 Å². The second-order valence-corrected chi connectivity index (χ2v) is 5.23. The molecule has 0 spiro atoms. The van der Waals surface area contributed by atoms with Crippen molar-refractivity contribution in [3.63, 3.8) is 0 Å². The molecule has 0 aliphatic carbocycles. The molecule has 1 aromatic carbocycles. The van der Waals surface area contributed by atoms with Gasteiger partial charge in [-0.25, -0.2) is 14.4 Å². The van der Waals surface area contributed by atoms with Gasteiger partial charge in [-0.15, -0.1) is 0 Å². The van der Waals surface area contributed by atoms with Gasteiger partial charge in [0.2, 0.25) is 0 Å². The lowest BCUT2D eigenvalue weighted by Crippen LogP contribution is -2.47. The van der Waals surface area contributed by atoms with E-state index >= 15 is 0 Å². The summed E-state index contributed by atoms with van der Waals surface area (Å²) in [5.41, 5.74) is 5.30. The van der Waals surface area contributed by atoms with Crippen LogP contribution in [0.2, 0.25) is 0 Å². The minimum Gasteiger partial charge on any atom is -0.373 e. The number of nitrogens with zero attached hydrogens (tertiary/aromatic N) is 2. The zero-order valence-corrected chi connectivity index (χ0v) is 12.1. The summed E-state index contributed by atoms with van der Waals surface area (Å²) in [6.45, 7) is 1.76. The van der Waals surface area contributed by atoms with Crippen LogP contribution in [-0.4, -0.2) is 28.3 Å². The van der Waals surface area contributed by atoms with Crippen molar-refractivity contribution >= 4 is 0 Å². The van der Waals surface area contributed by atoms with Crippen molar-refractivity contribution in [2.24, 2.45) is 5.73 Å². The van der Waals surface area contributed by atoms with Crippen molar-refractivity contribution in [2.45, 2.75) is 31.7 Å². The van der Waals surface area contributed by atoms with E-state index in [1.165, 1.54) is 6.92 Å². The smallest absolute Gasteiger partial charge is 0.146 e. The molecule has 2 N–H and O–H groups in total. The monoisotopic (exact) mass is 289 g/mol. The summed E-state index contributed by atoms with van der Waals surface area (Å²) in [5.74, 6) is 0.539. The molecule has 0 amide bonds. The van der Waals surface area contributed by atoms with Crippen LogP contribution in [0.15, 0.2) is 48.8 Å². The lowest BCUT2D eigenvalue weighted by atomic mass is 9.97. The summed E-state index contributed by atoms with van der Waals surface area (Å²) < 4.78 is 20.0. The summed E-state index contributed by atoms with van der Waals surface area (Å²) in [4.78, 5) is 8.12. The Hall–Kier alpha value is -1.85. The van der Waals surface area contributed by atoms with Crippen LogP contribution in [-0.2, 0) is 17.8 Å². The van der Waals surface area contributed by atoms with Gasteiger partial charge in [0.15, 0.2) is 0 Å². The van der Waals surface area contributed by atoms with Crippen LogP contribution in [0.25, 0.3) is 0 Å². The second-order valence-electron chi connectivity index (χ2n) is 5.23. The molecule has 1 unspecified atom stereocenters. The first kappa shape index (κ1) is 15.5. The van der Waals surface area contributed by atoms with Gasteiger partial charge in [-0.1, -0.05) is 30.3 Å². The maximum Gasteiger partial charge on any atom is 0.146 e. The van der Waals surface area contributed by atoms with Gasteiger partial charge in [-0.2, -0.15) is 0 Å². The summed E-state index contributed by atoms with van der Waals surface area (Å²) in [6, 6.07) is 10.7. The fourth-order valence-electron chi connectivity index (χ4n) is 1.89. The van der Waals surface area contributed by atoms with Crippen LogP contribution >= 0.6 is 0 Å². The van der Waals surface area contributed by atoms with Crippen molar-refractivity contribution < 1.29 is 9.13 Å². The number of hydrogen-bond acceptors (Lipinski definition) is 4. The fourth-order valence-corrected chi connectivity index (χ4v) is 1.89. The minimum atomic E-state index is -1.63. The van der Waals surface area contributed by atoms with Gasteiger partial charge in [0.05, 0.1) is 13.2 Å². The Labute approximate surface area is 124 Å². The SMILES string of the molecule is CC(F)(COCc1ccccc1)[C@H](N)Cc1ncccn1. The molecule has 0 aliphatic heterocycles. The van der Waals surface area contributed by atoms with Crippen LogP contribution in [0.4, 0.5) is 4.39 Å². The summed E-state index contributed by atoms with van der Waals surface area (Å²) in [6.07, 6.45) is 3.52. The van der Waals surface area contributed by atoms with Gasteiger partial charge in [0.25, 0.3) is 0 Å². The normalized spacial score (nSPS) is 15.4. The third-order valence-corrected chi connectivity index (χ3v) is 3.29. The van der Waals surface area contributed by atoms with Crippen LogP contribution in [0.5, 0.6) is 0 Å². The highest BCUT2D eigenvalue weighted by molar-refractivity contribution is 5.13. The van der Waals surface area contributed by atoms with E-state index in [9.17, 15) is 4.39 Å². The Bertz CT molecular complexity index is 534. The number of halogens is 1. The predicted octanol–water partition coefficient (Wildman–Crippen LogP) is 2.29. The third kappa shape index (κ3) is 4.88. The van der Waals surface area contributed by atoms with Crippen LogP contribution in [0.3, 0.4) is 0 Å². The summed E-state index contributed by atoms with van der Waals surface area (Å²) in [5, 5.41) is 0.